The van der Waals surface area contributed by atoms with Gasteiger partial charge in [0.15, 0.2) is 0 Å². The number of allylic oxidation sites excluding steroid dienone is 2. The van der Waals surface area contributed by atoms with Crippen molar-refractivity contribution in [2.75, 3.05) is 0 Å². The summed E-state index contributed by atoms with van der Waals surface area (Å²) in [4.78, 5) is 0. The third kappa shape index (κ3) is 13.8. The summed E-state index contributed by atoms with van der Waals surface area (Å²) in [7, 11) is 0. The van der Waals surface area contributed by atoms with Crippen molar-refractivity contribution in [1.29, 1.82) is 0 Å². The number of unbranched alkanes of at least 4 members (excludes halogenated alkanes) is 4. The molecule has 0 nitrogen and oxygen atoms in total. The number of halogens is 1. The van der Waals surface area contributed by atoms with Crippen molar-refractivity contribution in [3.8, 4) is 0 Å². The first kappa shape index (κ1) is 15.7. The monoisotopic (exact) mass is 290 g/mol. The second kappa shape index (κ2) is 14.7. The third-order valence-corrected chi connectivity index (χ3v) is 2.17. The second-order valence-corrected chi connectivity index (χ2v) is 3.67. The largest absolute Gasteiger partial charge is 1.00 e. The first-order chi connectivity index (χ1) is 5.41. The maximum Gasteiger partial charge on any atom is -1.00 e. The predicted octanol–water partition coefficient (Wildman–Crippen LogP) is 0.494. The summed E-state index contributed by atoms with van der Waals surface area (Å²) in [6.45, 7) is 2.26. The fourth-order valence-electron chi connectivity index (χ4n) is 1.04. The van der Waals surface area contributed by atoms with Crippen LogP contribution >= 0.6 is 0 Å². The van der Waals surface area contributed by atoms with Gasteiger partial charge in [-0.15, -0.1) is 0 Å². The minimum absolute atomic E-state index is 0. The zero-order chi connectivity index (χ0) is 8.36. The molecule has 0 bridgehead atoms. The summed E-state index contributed by atoms with van der Waals surface area (Å²) >= 11 is 2.05. The van der Waals surface area contributed by atoms with Crippen molar-refractivity contribution >= 4 is 21.7 Å². The number of hydrogen-bond donors (Lipinski definition) is 0. The summed E-state index contributed by atoms with van der Waals surface area (Å²) in [5.74, 6) is 0. The van der Waals surface area contributed by atoms with Crippen LogP contribution < -0.4 is 24.0 Å². The van der Waals surface area contributed by atoms with E-state index in [1.165, 1.54) is 43.1 Å². The number of rotatable bonds is 7. The second-order valence-electron chi connectivity index (χ2n) is 2.96. The van der Waals surface area contributed by atoms with E-state index in [-0.39, 0.29) is 24.0 Å². The Kier molecular flexibility index (Phi) is 19.3. The van der Waals surface area contributed by atoms with Crippen molar-refractivity contribution in [3.05, 3.63) is 12.2 Å². The zero-order valence-electron chi connectivity index (χ0n) is 8.19. The van der Waals surface area contributed by atoms with Crippen LogP contribution in [0.4, 0.5) is 0 Å². The minimum Gasteiger partial charge on any atom is -1.00 e. The van der Waals surface area contributed by atoms with E-state index in [1.807, 2.05) is 0 Å². The van der Waals surface area contributed by atoms with Crippen LogP contribution in [0, 0.1) is 0 Å². The van der Waals surface area contributed by atoms with E-state index in [0.29, 0.717) is 0 Å². The Labute approximate surface area is 107 Å². The standard InChI is InChI=1S/C10H19.HI.Mg/c1-3-5-7-9-10-8-6-4-2;;/h5,7H,1,3-4,6,8-10H2,2H3;1H;/q;;+1/p-1/b7-5-;;. The molecule has 0 radical (unpaired) electrons. The first-order valence-electron chi connectivity index (χ1n) is 4.86. The van der Waals surface area contributed by atoms with Gasteiger partial charge in [-0.3, -0.25) is 0 Å². The van der Waals surface area contributed by atoms with Crippen molar-refractivity contribution in [2.24, 2.45) is 0 Å². The smallest absolute Gasteiger partial charge is 1.00 e. The molecule has 0 aromatic heterocycles. The van der Waals surface area contributed by atoms with Gasteiger partial charge in [0.1, 0.15) is 0 Å². The molecule has 12 heavy (non-hydrogen) atoms. The van der Waals surface area contributed by atoms with Gasteiger partial charge in [0.05, 0.1) is 0 Å². The van der Waals surface area contributed by atoms with Gasteiger partial charge in [-0.2, -0.15) is 0 Å². The quantitative estimate of drug-likeness (QED) is 0.277. The fraction of sp³-hybridized carbons (Fsp3) is 0.800. The molecule has 0 saturated carbocycles. The van der Waals surface area contributed by atoms with Crippen LogP contribution in [-0.4, -0.2) is 21.7 Å². The van der Waals surface area contributed by atoms with Crippen molar-refractivity contribution in [2.45, 2.75) is 50.0 Å². The van der Waals surface area contributed by atoms with E-state index in [1.54, 1.807) is 0 Å². The van der Waals surface area contributed by atoms with Gasteiger partial charge in [-0.05, 0) is 0 Å². The molecule has 0 aliphatic rings. The Morgan fingerprint density at radius 2 is 1.67 bits per heavy atom. The average molecular weight is 290 g/mol. The van der Waals surface area contributed by atoms with E-state index in [2.05, 4.69) is 40.8 Å². The van der Waals surface area contributed by atoms with Crippen LogP contribution in [0.15, 0.2) is 12.2 Å². The molecule has 0 atom stereocenters. The Hall–Kier alpha value is 1.24. The molecule has 0 heterocycles. The Balaban J connectivity index is 0. The summed E-state index contributed by atoms with van der Waals surface area (Å²) in [6.07, 6.45) is 12.8. The van der Waals surface area contributed by atoms with Crippen molar-refractivity contribution < 1.29 is 24.0 Å². The fourth-order valence-corrected chi connectivity index (χ4v) is 1.28. The molecule has 0 aromatic carbocycles. The third-order valence-electron chi connectivity index (χ3n) is 1.76. The van der Waals surface area contributed by atoms with Crippen LogP contribution in [0.2, 0.25) is 4.55 Å². The van der Waals surface area contributed by atoms with E-state index in [9.17, 15) is 0 Å². The summed E-state index contributed by atoms with van der Waals surface area (Å²) in [5.41, 5.74) is 0. The van der Waals surface area contributed by atoms with Gasteiger partial charge in [-0.25, -0.2) is 0 Å². The van der Waals surface area contributed by atoms with Gasteiger partial charge in [-0.1, -0.05) is 0 Å². The minimum atomic E-state index is 0. The molecule has 2 heteroatoms. The van der Waals surface area contributed by atoms with Crippen LogP contribution in [-0.2, 0) is 0 Å². The van der Waals surface area contributed by atoms with Crippen molar-refractivity contribution in [1.82, 2.24) is 0 Å². The molecule has 0 aliphatic heterocycles. The van der Waals surface area contributed by atoms with Crippen LogP contribution in [0.3, 0.4) is 0 Å². The molecule has 68 valence electrons. The number of hydrogen-bond acceptors (Lipinski definition) is 0. The first-order valence-corrected chi connectivity index (χ1v) is 5.86. The summed E-state index contributed by atoms with van der Waals surface area (Å²) in [6, 6.07) is 0. The predicted molar refractivity (Wildman–Crippen MR) is 53.1 cm³/mol. The molecule has 0 spiro atoms. The van der Waals surface area contributed by atoms with Crippen LogP contribution in [0.5, 0.6) is 0 Å². The molecular weight excluding hydrogens is 271 g/mol. The maximum absolute atomic E-state index is 2.34. The topological polar surface area (TPSA) is 0 Å². The van der Waals surface area contributed by atoms with Crippen LogP contribution in [0.1, 0.15) is 45.4 Å². The molecule has 0 aliphatic carbocycles. The molecular formula is C10H19IMg. The van der Waals surface area contributed by atoms with E-state index in [0.717, 1.165) is 0 Å². The summed E-state index contributed by atoms with van der Waals surface area (Å²) in [5, 5.41) is 0. The van der Waals surface area contributed by atoms with Crippen molar-refractivity contribution in [3.63, 3.8) is 0 Å². The molecule has 0 fully saturated rings. The van der Waals surface area contributed by atoms with Gasteiger partial charge >= 0.3 is 83.9 Å². The van der Waals surface area contributed by atoms with E-state index in [4.69, 9.17) is 0 Å². The van der Waals surface area contributed by atoms with Gasteiger partial charge < -0.3 is 24.0 Å². The Morgan fingerprint density at radius 1 is 1.00 bits per heavy atom. The summed E-state index contributed by atoms with van der Waals surface area (Å²) < 4.78 is 1.31. The molecule has 0 rings (SSSR count). The van der Waals surface area contributed by atoms with Crippen LogP contribution in [0.25, 0.3) is 0 Å². The molecule has 0 amide bonds. The van der Waals surface area contributed by atoms with Gasteiger partial charge in [0, 0.05) is 0 Å². The zero-order valence-corrected chi connectivity index (χ0v) is 11.8. The molecule has 0 unspecified atom stereocenters. The Morgan fingerprint density at radius 3 is 2.25 bits per heavy atom. The maximum atomic E-state index is 2.34. The Bertz CT molecular complexity index is 91.8. The molecule has 0 aromatic rings. The average Bonchev–Trinajstić information content (AvgIpc) is 2.03. The van der Waals surface area contributed by atoms with E-state index >= 15 is 0 Å². The molecule has 0 N–H and O–H groups in total. The normalized spacial score (nSPS) is 10.2. The SMILES string of the molecule is CCCCCC/C=C\C[CH2][Mg+].[I-]. The van der Waals surface area contributed by atoms with Gasteiger partial charge in [0.2, 0.25) is 0 Å². The van der Waals surface area contributed by atoms with E-state index < -0.39 is 0 Å². The van der Waals surface area contributed by atoms with Gasteiger partial charge in [0.25, 0.3) is 0 Å². The molecule has 0 saturated heterocycles.